The lowest BCUT2D eigenvalue weighted by molar-refractivity contribution is -0.107. The molecule has 4 N–H and O–H groups in total. The van der Waals surface area contributed by atoms with Gasteiger partial charge in [0.05, 0.1) is 11.2 Å². The predicted octanol–water partition coefficient (Wildman–Crippen LogP) is 3.13. The minimum absolute atomic E-state index is 0.537. The molecular weight excluding hydrogens is 267 g/mol. The second kappa shape index (κ2) is 12.4. The molecule has 0 unspecified atom stereocenters. The largest absolute Gasteiger partial charge is 0.451 e. The van der Waals surface area contributed by atoms with Crippen molar-refractivity contribution in [2.45, 2.75) is 104 Å². The maximum atomic E-state index is 9.10. The average Bonchev–Trinajstić information content (AvgIpc) is 2.30. The summed E-state index contributed by atoms with van der Waals surface area (Å²) in [5.74, 6) is 0. The second-order valence-electron chi connectivity index (χ2n) is 6.86. The molecule has 0 heterocycles. The molecule has 21 heavy (non-hydrogen) atoms. The van der Waals surface area contributed by atoms with Crippen LogP contribution in [0.3, 0.4) is 0 Å². The zero-order chi connectivity index (χ0) is 16.9. The molecule has 0 radical (unpaired) electrons. The van der Waals surface area contributed by atoms with Crippen molar-refractivity contribution in [3.8, 4) is 0 Å². The summed E-state index contributed by atoms with van der Waals surface area (Å²) < 4.78 is 0. The molecule has 5 heteroatoms. The Morgan fingerprint density at radius 3 is 1.29 bits per heavy atom. The van der Waals surface area contributed by atoms with Gasteiger partial charge in [0.15, 0.2) is 0 Å². The van der Waals surface area contributed by atoms with Crippen LogP contribution in [0, 0.1) is 0 Å². The van der Waals surface area contributed by atoms with Gasteiger partial charge in [-0.3, -0.25) is 0 Å². The van der Waals surface area contributed by atoms with Crippen molar-refractivity contribution >= 4 is 7.12 Å². The molecule has 0 saturated carbocycles. The van der Waals surface area contributed by atoms with Crippen LogP contribution in [0.4, 0.5) is 0 Å². The zero-order valence-electron chi connectivity index (χ0n) is 14.7. The van der Waals surface area contributed by atoms with Crippen molar-refractivity contribution in [1.29, 1.82) is 0 Å². The number of hydrogen-bond donors (Lipinski definition) is 4. The summed E-state index contributed by atoms with van der Waals surface area (Å²) >= 11 is 0. The molecule has 0 saturated heterocycles. The Kier molecular flexibility index (Phi) is 13.7. The number of hydrogen-bond acceptors (Lipinski definition) is 4. The molecule has 0 aliphatic carbocycles. The van der Waals surface area contributed by atoms with E-state index in [2.05, 4.69) is 6.92 Å². The third-order valence-corrected chi connectivity index (χ3v) is 3.81. The summed E-state index contributed by atoms with van der Waals surface area (Å²) in [4.78, 5) is 0. The Labute approximate surface area is 131 Å². The van der Waals surface area contributed by atoms with Crippen LogP contribution >= 0.6 is 0 Å². The molecule has 128 valence electrons. The van der Waals surface area contributed by atoms with E-state index >= 15 is 0 Å². The first-order chi connectivity index (χ1) is 9.52. The van der Waals surface area contributed by atoms with Crippen molar-refractivity contribution in [3.63, 3.8) is 0 Å². The molecule has 0 aliphatic heterocycles. The average molecular weight is 304 g/mol. The van der Waals surface area contributed by atoms with E-state index in [9.17, 15) is 0 Å². The highest BCUT2D eigenvalue weighted by atomic mass is 16.4. The smallest absolute Gasteiger partial charge is 0.427 e. The molecule has 0 aliphatic rings. The molecule has 0 bridgehead atoms. The quantitative estimate of drug-likeness (QED) is 0.369. The molecule has 0 aromatic heterocycles. The Bertz CT molecular complexity index is 207. The van der Waals surface area contributed by atoms with Gasteiger partial charge in [0, 0.05) is 0 Å². The van der Waals surface area contributed by atoms with Crippen LogP contribution in [-0.2, 0) is 0 Å². The predicted molar refractivity (Wildman–Crippen MR) is 90.2 cm³/mol. The minimum atomic E-state index is -1.10. The molecule has 0 spiro atoms. The molecule has 0 aromatic carbocycles. The third-order valence-electron chi connectivity index (χ3n) is 3.81. The lowest BCUT2D eigenvalue weighted by atomic mass is 9.83. The van der Waals surface area contributed by atoms with E-state index in [0.29, 0.717) is 6.32 Å². The molecule has 0 atom stereocenters. The van der Waals surface area contributed by atoms with Gasteiger partial charge in [-0.1, -0.05) is 58.3 Å². The lowest BCUT2D eigenvalue weighted by Crippen LogP contribution is -2.44. The fraction of sp³-hybridized carbons (Fsp3) is 1.00. The van der Waals surface area contributed by atoms with Gasteiger partial charge in [-0.05, 0) is 34.0 Å². The highest BCUT2D eigenvalue weighted by Gasteiger charge is 2.31. The van der Waals surface area contributed by atoms with Gasteiger partial charge < -0.3 is 20.3 Å². The van der Waals surface area contributed by atoms with E-state index in [0.717, 1.165) is 12.8 Å². The Morgan fingerprint density at radius 1 is 0.667 bits per heavy atom. The van der Waals surface area contributed by atoms with Gasteiger partial charge in [0.1, 0.15) is 0 Å². The van der Waals surface area contributed by atoms with E-state index < -0.39 is 18.3 Å². The number of unbranched alkanes of at least 4 members (excludes halogenated alkanes) is 7. The van der Waals surface area contributed by atoms with Gasteiger partial charge in [-0.2, -0.15) is 0 Å². The first-order valence-corrected chi connectivity index (χ1v) is 8.33. The summed E-state index contributed by atoms with van der Waals surface area (Å²) in [6.07, 6.45) is 10.5. The van der Waals surface area contributed by atoms with Gasteiger partial charge in [0.25, 0.3) is 0 Å². The SMILES string of the molecule is CC(C)(O)C(C)(C)O.CCCCCCCCCCB(O)O. The van der Waals surface area contributed by atoms with Crippen LogP contribution < -0.4 is 0 Å². The summed E-state index contributed by atoms with van der Waals surface area (Å²) in [5, 5.41) is 35.4. The highest BCUT2D eigenvalue weighted by molar-refractivity contribution is 6.40. The monoisotopic (exact) mass is 304 g/mol. The van der Waals surface area contributed by atoms with E-state index in [1.165, 1.54) is 38.5 Å². The van der Waals surface area contributed by atoms with E-state index in [1.807, 2.05) is 0 Å². The van der Waals surface area contributed by atoms with Crippen LogP contribution in [0.1, 0.15) is 86.0 Å². The third kappa shape index (κ3) is 17.9. The van der Waals surface area contributed by atoms with Gasteiger partial charge >= 0.3 is 7.12 Å². The van der Waals surface area contributed by atoms with Gasteiger partial charge in [-0.15, -0.1) is 0 Å². The minimum Gasteiger partial charge on any atom is -0.427 e. The number of aliphatic hydroxyl groups is 2. The van der Waals surface area contributed by atoms with Crippen LogP contribution in [0.2, 0.25) is 6.32 Å². The van der Waals surface area contributed by atoms with Crippen molar-refractivity contribution in [3.05, 3.63) is 0 Å². The molecule has 0 aromatic rings. The Morgan fingerprint density at radius 2 is 1.00 bits per heavy atom. The highest BCUT2D eigenvalue weighted by Crippen LogP contribution is 2.19. The molecule has 0 rings (SSSR count). The van der Waals surface area contributed by atoms with E-state index in [1.54, 1.807) is 27.7 Å². The topological polar surface area (TPSA) is 80.9 Å². The fourth-order valence-corrected chi connectivity index (χ4v) is 1.46. The van der Waals surface area contributed by atoms with Crippen LogP contribution in [0.15, 0.2) is 0 Å². The van der Waals surface area contributed by atoms with Gasteiger partial charge in [-0.25, -0.2) is 0 Å². The van der Waals surface area contributed by atoms with Crippen molar-refractivity contribution in [2.75, 3.05) is 0 Å². The maximum absolute atomic E-state index is 9.10. The molecule has 0 amide bonds. The van der Waals surface area contributed by atoms with Crippen molar-refractivity contribution in [2.24, 2.45) is 0 Å². The summed E-state index contributed by atoms with van der Waals surface area (Å²) in [6, 6.07) is 0. The van der Waals surface area contributed by atoms with Crippen molar-refractivity contribution < 1.29 is 20.3 Å². The summed E-state index contributed by atoms with van der Waals surface area (Å²) in [5.41, 5.74) is -2.01. The standard InChI is InChI=1S/C10H23BO2.C6H14O2/c1-2-3-4-5-6-7-8-9-10-11(12)13;1-5(2,7)6(3,4)8/h12-13H,2-10H2,1H3;7-8H,1-4H3. The Hall–Kier alpha value is -0.0951. The molecular formula is C16H37BO4. The van der Waals surface area contributed by atoms with Crippen LogP contribution in [0.5, 0.6) is 0 Å². The first kappa shape index (κ1) is 23.2. The Balaban J connectivity index is 0. The fourth-order valence-electron chi connectivity index (χ4n) is 1.46. The maximum Gasteiger partial charge on any atom is 0.451 e. The molecule has 0 fully saturated rings. The van der Waals surface area contributed by atoms with Crippen LogP contribution in [0.25, 0.3) is 0 Å². The van der Waals surface area contributed by atoms with Gasteiger partial charge in [0.2, 0.25) is 0 Å². The van der Waals surface area contributed by atoms with Crippen LogP contribution in [-0.4, -0.2) is 38.6 Å². The normalized spacial score (nSPS) is 11.9. The van der Waals surface area contributed by atoms with E-state index in [-0.39, 0.29) is 0 Å². The second-order valence-corrected chi connectivity index (χ2v) is 6.86. The summed E-state index contributed by atoms with van der Waals surface area (Å²) in [6.45, 7) is 8.53. The summed E-state index contributed by atoms with van der Waals surface area (Å²) in [7, 11) is -1.10. The van der Waals surface area contributed by atoms with E-state index in [4.69, 9.17) is 20.3 Å². The lowest BCUT2D eigenvalue weighted by Gasteiger charge is -2.31. The first-order valence-electron chi connectivity index (χ1n) is 8.33. The molecule has 4 nitrogen and oxygen atoms in total. The number of rotatable bonds is 10. The van der Waals surface area contributed by atoms with Crippen molar-refractivity contribution in [1.82, 2.24) is 0 Å². The zero-order valence-corrected chi connectivity index (χ0v) is 14.7.